The van der Waals surface area contributed by atoms with E-state index in [0.717, 1.165) is 0 Å². The minimum absolute atomic E-state index is 0.249. The molecule has 0 saturated heterocycles. The summed E-state index contributed by atoms with van der Waals surface area (Å²) in [5.41, 5.74) is -0.249. The highest BCUT2D eigenvalue weighted by Crippen LogP contribution is 2.29. The van der Waals surface area contributed by atoms with Gasteiger partial charge in [-0.05, 0) is 20.8 Å². The third-order valence-electron chi connectivity index (χ3n) is 1.63. The highest BCUT2D eigenvalue weighted by molar-refractivity contribution is 5.39. The fraction of sp³-hybridized carbons (Fsp3) is 0.545. The van der Waals surface area contributed by atoms with E-state index >= 15 is 0 Å². The van der Waals surface area contributed by atoms with Crippen molar-refractivity contribution in [3.63, 3.8) is 0 Å². The van der Waals surface area contributed by atoms with Crippen LogP contribution in [0.25, 0.3) is 0 Å². The van der Waals surface area contributed by atoms with Crippen LogP contribution in [0.2, 0.25) is 0 Å². The zero-order chi connectivity index (χ0) is 11.5. The Morgan fingerprint density at radius 1 is 1.13 bits per heavy atom. The molecule has 0 aromatic carbocycles. The van der Waals surface area contributed by atoms with E-state index in [9.17, 15) is 0 Å². The molecule has 0 bridgehead atoms. The van der Waals surface area contributed by atoms with Crippen molar-refractivity contribution in [1.29, 1.82) is 0 Å². The molecule has 0 fully saturated rings. The quantitative estimate of drug-likeness (QED) is 0.769. The Bertz CT molecular complexity index is 331. The van der Waals surface area contributed by atoms with E-state index < -0.39 is 0 Å². The van der Waals surface area contributed by atoms with Crippen molar-refractivity contribution >= 4 is 0 Å². The zero-order valence-electron chi connectivity index (χ0n) is 9.83. The lowest BCUT2D eigenvalue weighted by Crippen LogP contribution is -2.23. The predicted octanol–water partition coefficient (Wildman–Crippen LogP) is 2.28. The summed E-state index contributed by atoms with van der Waals surface area (Å²) >= 11 is 0. The van der Waals surface area contributed by atoms with Crippen molar-refractivity contribution in [1.82, 2.24) is 4.98 Å². The lowest BCUT2D eigenvalue weighted by molar-refractivity contribution is 0.129. The van der Waals surface area contributed by atoms with Crippen LogP contribution in [0.3, 0.4) is 0 Å². The van der Waals surface area contributed by atoms with Gasteiger partial charge in [-0.15, -0.1) is 0 Å². The molecule has 0 aliphatic heterocycles. The lowest BCUT2D eigenvalue weighted by atomic mass is 10.2. The van der Waals surface area contributed by atoms with Gasteiger partial charge in [-0.1, -0.05) is 0 Å². The molecule has 15 heavy (non-hydrogen) atoms. The second kappa shape index (κ2) is 4.38. The molecule has 84 valence electrons. The summed E-state index contributed by atoms with van der Waals surface area (Å²) in [5, 5.41) is 0. The Morgan fingerprint density at radius 2 is 1.80 bits per heavy atom. The molecular weight excluding hydrogens is 194 g/mol. The topological polar surface area (TPSA) is 40.6 Å². The van der Waals surface area contributed by atoms with E-state index in [4.69, 9.17) is 14.2 Å². The molecule has 1 aromatic heterocycles. The Labute approximate surface area is 90.2 Å². The average molecular weight is 211 g/mol. The summed E-state index contributed by atoms with van der Waals surface area (Å²) in [7, 11) is 3.12. The van der Waals surface area contributed by atoms with Crippen LogP contribution in [-0.4, -0.2) is 24.8 Å². The Morgan fingerprint density at radius 3 is 2.27 bits per heavy atom. The first kappa shape index (κ1) is 11.6. The molecule has 0 saturated carbocycles. The summed E-state index contributed by atoms with van der Waals surface area (Å²) in [6, 6.07) is 1.76. The number of ether oxygens (including phenoxy) is 3. The van der Waals surface area contributed by atoms with E-state index in [-0.39, 0.29) is 5.60 Å². The highest BCUT2D eigenvalue weighted by atomic mass is 16.5. The Hall–Kier alpha value is -1.45. The van der Waals surface area contributed by atoms with Crippen LogP contribution >= 0.6 is 0 Å². The first-order valence-corrected chi connectivity index (χ1v) is 4.73. The molecule has 4 heteroatoms. The maximum Gasteiger partial charge on any atom is 0.256 e. The fourth-order valence-electron chi connectivity index (χ4n) is 1.12. The molecule has 0 atom stereocenters. The van der Waals surface area contributed by atoms with Gasteiger partial charge in [0, 0.05) is 6.07 Å². The summed E-state index contributed by atoms with van der Waals surface area (Å²) in [5.74, 6) is 1.69. The van der Waals surface area contributed by atoms with Crippen molar-refractivity contribution in [3.05, 3.63) is 12.3 Å². The first-order valence-electron chi connectivity index (χ1n) is 4.73. The van der Waals surface area contributed by atoms with Gasteiger partial charge in [-0.2, -0.15) is 0 Å². The molecule has 0 aliphatic carbocycles. The maximum atomic E-state index is 5.65. The summed E-state index contributed by atoms with van der Waals surface area (Å²) in [4.78, 5) is 4.08. The first-order chi connectivity index (χ1) is 6.96. The van der Waals surface area contributed by atoms with E-state index in [1.807, 2.05) is 20.8 Å². The molecule has 4 nitrogen and oxygen atoms in total. The van der Waals surface area contributed by atoms with Crippen LogP contribution in [-0.2, 0) is 0 Å². The molecule has 1 rings (SSSR count). The number of rotatable bonds is 3. The third-order valence-corrected chi connectivity index (χ3v) is 1.63. The van der Waals surface area contributed by atoms with Gasteiger partial charge in [0.25, 0.3) is 5.88 Å². The van der Waals surface area contributed by atoms with Crippen molar-refractivity contribution in [2.24, 2.45) is 0 Å². The van der Waals surface area contributed by atoms with Crippen LogP contribution in [0.5, 0.6) is 17.4 Å². The van der Waals surface area contributed by atoms with Gasteiger partial charge >= 0.3 is 0 Å². The summed E-state index contributed by atoms with van der Waals surface area (Å²) < 4.78 is 15.8. The number of hydrogen-bond donors (Lipinski definition) is 0. The normalized spacial score (nSPS) is 11.0. The minimum Gasteiger partial charge on any atom is -0.491 e. The van der Waals surface area contributed by atoms with Gasteiger partial charge in [0.05, 0.1) is 20.4 Å². The van der Waals surface area contributed by atoms with Crippen LogP contribution < -0.4 is 14.2 Å². The Balaban J connectivity index is 2.93. The second-order valence-electron chi connectivity index (χ2n) is 4.10. The van der Waals surface area contributed by atoms with Crippen LogP contribution in [0.1, 0.15) is 20.8 Å². The number of nitrogens with zero attached hydrogens (tertiary/aromatic N) is 1. The van der Waals surface area contributed by atoms with Crippen molar-refractivity contribution in [3.8, 4) is 17.4 Å². The van der Waals surface area contributed by atoms with Crippen LogP contribution in [0, 0.1) is 0 Å². The molecule has 0 unspecified atom stereocenters. The molecular formula is C11H17NO3. The molecule has 1 aromatic rings. The van der Waals surface area contributed by atoms with Gasteiger partial charge in [-0.25, -0.2) is 4.98 Å². The van der Waals surface area contributed by atoms with Crippen LogP contribution in [0.15, 0.2) is 12.3 Å². The fourth-order valence-corrected chi connectivity index (χ4v) is 1.12. The Kier molecular flexibility index (Phi) is 3.39. The highest BCUT2D eigenvalue weighted by Gasteiger charge is 2.14. The van der Waals surface area contributed by atoms with Gasteiger partial charge in [0.2, 0.25) is 0 Å². The molecule has 0 amide bonds. The SMILES string of the molecule is COc1cc(OC(C)(C)C)cnc1OC. The van der Waals surface area contributed by atoms with Gasteiger partial charge in [0.15, 0.2) is 5.75 Å². The average Bonchev–Trinajstić information content (AvgIpc) is 2.15. The van der Waals surface area contributed by atoms with Crippen molar-refractivity contribution < 1.29 is 14.2 Å². The lowest BCUT2D eigenvalue weighted by Gasteiger charge is -2.21. The summed E-state index contributed by atoms with van der Waals surface area (Å²) in [6.07, 6.45) is 1.62. The number of aromatic nitrogens is 1. The molecule has 0 N–H and O–H groups in total. The van der Waals surface area contributed by atoms with E-state index in [1.165, 1.54) is 0 Å². The third kappa shape index (κ3) is 3.31. The smallest absolute Gasteiger partial charge is 0.256 e. The molecule has 0 aliphatic rings. The zero-order valence-corrected chi connectivity index (χ0v) is 9.83. The monoisotopic (exact) mass is 211 g/mol. The van der Waals surface area contributed by atoms with E-state index in [0.29, 0.717) is 17.4 Å². The largest absolute Gasteiger partial charge is 0.491 e. The predicted molar refractivity (Wildman–Crippen MR) is 57.7 cm³/mol. The molecule has 0 radical (unpaired) electrons. The van der Waals surface area contributed by atoms with Gasteiger partial charge < -0.3 is 14.2 Å². The summed E-state index contributed by atoms with van der Waals surface area (Å²) in [6.45, 7) is 5.93. The van der Waals surface area contributed by atoms with Crippen LogP contribution in [0.4, 0.5) is 0 Å². The molecule has 0 spiro atoms. The number of pyridine rings is 1. The minimum atomic E-state index is -0.249. The number of methoxy groups -OCH3 is 2. The van der Waals surface area contributed by atoms with E-state index in [2.05, 4.69) is 4.98 Å². The van der Waals surface area contributed by atoms with Crippen molar-refractivity contribution in [2.75, 3.05) is 14.2 Å². The molecule has 1 heterocycles. The number of hydrogen-bond acceptors (Lipinski definition) is 4. The second-order valence-corrected chi connectivity index (χ2v) is 4.10. The maximum absolute atomic E-state index is 5.65. The van der Waals surface area contributed by atoms with Gasteiger partial charge in [0.1, 0.15) is 11.4 Å². The van der Waals surface area contributed by atoms with Crippen molar-refractivity contribution in [2.45, 2.75) is 26.4 Å². The van der Waals surface area contributed by atoms with E-state index in [1.54, 1.807) is 26.5 Å². The van der Waals surface area contributed by atoms with Gasteiger partial charge in [-0.3, -0.25) is 0 Å². The standard InChI is InChI=1S/C11H17NO3/c1-11(2,3)15-8-6-9(13-4)10(14-5)12-7-8/h6-7H,1-5H3.